The van der Waals surface area contributed by atoms with Crippen molar-refractivity contribution in [3.05, 3.63) is 101 Å². The maximum absolute atomic E-state index is 11.3. The maximum Gasteiger partial charge on any atom is 0.308 e. The Balaban J connectivity index is 1.48. The van der Waals surface area contributed by atoms with Gasteiger partial charge in [-0.25, -0.2) is 0 Å². The van der Waals surface area contributed by atoms with Gasteiger partial charge in [0.15, 0.2) is 0 Å². The average molecular weight is 496 g/mol. The van der Waals surface area contributed by atoms with E-state index in [0.717, 1.165) is 66.4 Å². The van der Waals surface area contributed by atoms with Crippen molar-refractivity contribution < 1.29 is 19.0 Å². The summed E-state index contributed by atoms with van der Waals surface area (Å²) in [5, 5.41) is 0. The number of morpholine rings is 1. The van der Waals surface area contributed by atoms with Crippen molar-refractivity contribution >= 4 is 11.5 Å². The van der Waals surface area contributed by atoms with Crippen molar-refractivity contribution in [2.75, 3.05) is 39.5 Å². The zero-order valence-corrected chi connectivity index (χ0v) is 21.8. The quantitative estimate of drug-likeness (QED) is 0.249. The first-order valence-electron chi connectivity index (χ1n) is 12.6. The molecule has 0 radical (unpaired) electrons. The number of rotatable bonds is 7. The number of benzene rings is 3. The second-order valence-electron chi connectivity index (χ2n) is 9.08. The minimum Gasteiger partial charge on any atom is -0.489 e. The summed E-state index contributed by atoms with van der Waals surface area (Å²) < 4.78 is 16.6. The van der Waals surface area contributed by atoms with Crippen LogP contribution in [0.3, 0.4) is 0 Å². The predicted octanol–water partition coefficient (Wildman–Crippen LogP) is 5.42. The van der Waals surface area contributed by atoms with Crippen molar-refractivity contribution in [3.8, 4) is 23.3 Å². The van der Waals surface area contributed by atoms with Gasteiger partial charge in [0.05, 0.1) is 19.8 Å². The minimum absolute atomic E-state index is 0.337. The molecule has 0 unspecified atom stereocenters. The van der Waals surface area contributed by atoms with Crippen LogP contribution in [0, 0.1) is 25.7 Å². The van der Waals surface area contributed by atoms with Crippen LogP contribution in [0.25, 0.3) is 5.57 Å². The molecule has 0 saturated carbocycles. The van der Waals surface area contributed by atoms with Crippen LogP contribution in [0.5, 0.6) is 11.5 Å². The molecule has 3 aromatic rings. The fourth-order valence-corrected chi connectivity index (χ4v) is 4.08. The largest absolute Gasteiger partial charge is 0.489 e. The molecule has 5 heteroatoms. The highest BCUT2D eigenvalue weighted by Gasteiger charge is 2.09. The van der Waals surface area contributed by atoms with E-state index in [0.29, 0.717) is 12.4 Å². The molecular formula is C32H33NO4. The highest BCUT2D eigenvalue weighted by molar-refractivity contribution is 5.80. The van der Waals surface area contributed by atoms with Crippen molar-refractivity contribution in [2.45, 2.75) is 20.8 Å². The molecule has 1 heterocycles. The molecule has 0 amide bonds. The first-order valence-corrected chi connectivity index (χ1v) is 12.6. The number of hydrogen-bond donors (Lipinski definition) is 0. The number of ether oxygens (including phenoxy) is 3. The summed E-state index contributed by atoms with van der Waals surface area (Å²) in [6.07, 6.45) is 2.10. The Labute approximate surface area is 219 Å². The summed E-state index contributed by atoms with van der Waals surface area (Å²) in [6, 6.07) is 22.3. The lowest BCUT2D eigenvalue weighted by Gasteiger charge is -2.24. The number of nitrogens with zero attached hydrogens (tertiary/aromatic N) is 1. The number of esters is 1. The van der Waals surface area contributed by atoms with Crippen molar-refractivity contribution in [3.63, 3.8) is 0 Å². The average Bonchev–Trinajstić information content (AvgIpc) is 2.90. The van der Waals surface area contributed by atoms with E-state index in [4.69, 9.17) is 14.2 Å². The Morgan fingerprint density at radius 3 is 2.30 bits per heavy atom. The Kier molecular flexibility index (Phi) is 9.15. The molecule has 0 N–H and O–H groups in total. The van der Waals surface area contributed by atoms with Crippen molar-refractivity contribution in [2.24, 2.45) is 0 Å². The van der Waals surface area contributed by atoms with Gasteiger partial charge in [0.2, 0.25) is 0 Å². The molecule has 190 valence electrons. The molecule has 0 aliphatic carbocycles. The molecule has 0 atom stereocenters. The zero-order valence-electron chi connectivity index (χ0n) is 21.8. The van der Waals surface area contributed by atoms with Gasteiger partial charge in [-0.05, 0) is 72.5 Å². The Bertz CT molecular complexity index is 1290. The molecular weight excluding hydrogens is 462 g/mol. The van der Waals surface area contributed by atoms with E-state index in [2.05, 4.69) is 78.3 Å². The third-order valence-corrected chi connectivity index (χ3v) is 6.14. The molecule has 3 aromatic carbocycles. The molecule has 37 heavy (non-hydrogen) atoms. The SMILES string of the molecule is CC(=O)Oc1ccc(OC/C=C(/c2ccc(C)cc2)c2ccc(C#CCN3CCOCC3)cc2)cc1C. The van der Waals surface area contributed by atoms with Gasteiger partial charge < -0.3 is 14.2 Å². The molecule has 1 aliphatic heterocycles. The second kappa shape index (κ2) is 12.9. The first kappa shape index (κ1) is 26.2. The van der Waals surface area contributed by atoms with Gasteiger partial charge in [-0.1, -0.05) is 53.8 Å². The lowest BCUT2D eigenvalue weighted by molar-refractivity contribution is -0.131. The highest BCUT2D eigenvalue weighted by atomic mass is 16.5. The van der Waals surface area contributed by atoms with E-state index in [-0.39, 0.29) is 5.97 Å². The van der Waals surface area contributed by atoms with Crippen molar-refractivity contribution in [1.82, 2.24) is 4.90 Å². The van der Waals surface area contributed by atoms with Gasteiger partial charge in [-0.3, -0.25) is 9.69 Å². The van der Waals surface area contributed by atoms with E-state index in [9.17, 15) is 4.79 Å². The molecule has 5 nitrogen and oxygen atoms in total. The fraction of sp³-hybridized carbons (Fsp3) is 0.281. The van der Waals surface area contributed by atoms with Crippen LogP contribution in [0.2, 0.25) is 0 Å². The smallest absolute Gasteiger partial charge is 0.308 e. The van der Waals surface area contributed by atoms with Gasteiger partial charge in [-0.2, -0.15) is 0 Å². The van der Waals surface area contributed by atoms with Crippen LogP contribution in [-0.4, -0.2) is 50.3 Å². The third kappa shape index (κ3) is 7.82. The molecule has 4 rings (SSSR count). The van der Waals surface area contributed by atoms with Gasteiger partial charge >= 0.3 is 5.97 Å². The molecule has 0 bridgehead atoms. The topological polar surface area (TPSA) is 48.0 Å². The van der Waals surface area contributed by atoms with Crippen LogP contribution in [-0.2, 0) is 9.53 Å². The summed E-state index contributed by atoms with van der Waals surface area (Å²) >= 11 is 0. The number of carbonyl (C=O) groups is 1. The van der Waals surface area contributed by atoms with Gasteiger partial charge in [0.1, 0.15) is 18.1 Å². The van der Waals surface area contributed by atoms with Gasteiger partial charge in [0.25, 0.3) is 0 Å². The number of carbonyl (C=O) groups excluding carboxylic acids is 1. The third-order valence-electron chi connectivity index (χ3n) is 6.14. The number of aryl methyl sites for hydroxylation is 2. The Morgan fingerprint density at radius 2 is 1.65 bits per heavy atom. The summed E-state index contributed by atoms with van der Waals surface area (Å²) in [5.74, 6) is 7.50. The van der Waals surface area contributed by atoms with E-state index < -0.39 is 0 Å². The monoisotopic (exact) mass is 495 g/mol. The fourth-order valence-electron chi connectivity index (χ4n) is 4.08. The standard InChI is InChI=1S/C32H33NO4/c1-24-6-10-28(11-7-24)31(16-20-36-30-14-15-32(25(2)23-30)37-26(3)34)29-12-8-27(9-13-29)5-4-17-33-18-21-35-22-19-33/h6-16,23H,17-22H2,1-3H3/b31-16-. The highest BCUT2D eigenvalue weighted by Crippen LogP contribution is 2.26. The van der Waals surface area contributed by atoms with E-state index in [1.807, 2.05) is 19.1 Å². The Hall–Kier alpha value is -3.85. The maximum atomic E-state index is 11.3. The second-order valence-corrected chi connectivity index (χ2v) is 9.08. The van der Waals surface area contributed by atoms with E-state index in [1.54, 1.807) is 6.07 Å². The van der Waals surface area contributed by atoms with Crippen LogP contribution >= 0.6 is 0 Å². The minimum atomic E-state index is -0.337. The summed E-state index contributed by atoms with van der Waals surface area (Å²) in [5.41, 5.74) is 6.39. The Morgan fingerprint density at radius 1 is 0.973 bits per heavy atom. The number of hydrogen-bond acceptors (Lipinski definition) is 5. The normalized spacial score (nSPS) is 14.0. The predicted molar refractivity (Wildman–Crippen MR) is 147 cm³/mol. The van der Waals surface area contributed by atoms with E-state index >= 15 is 0 Å². The van der Waals surface area contributed by atoms with Crippen LogP contribution in [0.4, 0.5) is 0 Å². The van der Waals surface area contributed by atoms with Gasteiger partial charge in [-0.15, -0.1) is 0 Å². The summed E-state index contributed by atoms with van der Waals surface area (Å²) in [6.45, 7) is 9.99. The summed E-state index contributed by atoms with van der Waals surface area (Å²) in [7, 11) is 0. The summed E-state index contributed by atoms with van der Waals surface area (Å²) in [4.78, 5) is 13.6. The van der Waals surface area contributed by atoms with Crippen LogP contribution < -0.4 is 9.47 Å². The molecule has 0 aromatic heterocycles. The van der Waals surface area contributed by atoms with Crippen LogP contribution in [0.1, 0.15) is 34.7 Å². The molecule has 0 spiro atoms. The zero-order chi connectivity index (χ0) is 26.0. The lowest BCUT2D eigenvalue weighted by atomic mass is 9.96. The van der Waals surface area contributed by atoms with Gasteiger partial charge in [0, 0.05) is 25.6 Å². The molecule has 1 saturated heterocycles. The molecule has 1 fully saturated rings. The van der Waals surface area contributed by atoms with E-state index in [1.165, 1.54) is 12.5 Å². The van der Waals surface area contributed by atoms with Crippen LogP contribution in [0.15, 0.2) is 72.8 Å². The molecule has 1 aliphatic rings. The lowest BCUT2D eigenvalue weighted by Crippen LogP contribution is -2.36. The first-order chi connectivity index (χ1) is 18.0. The van der Waals surface area contributed by atoms with Crippen molar-refractivity contribution in [1.29, 1.82) is 0 Å².